The molecular weight excluding hydrogens is 345 g/mol. The number of aromatic nitrogens is 1. The second-order valence-electron chi connectivity index (χ2n) is 6.87. The zero-order valence-electron chi connectivity index (χ0n) is 15.2. The predicted molar refractivity (Wildman–Crippen MR) is 102 cm³/mol. The molecule has 0 aliphatic carbocycles. The van der Waals surface area contributed by atoms with Crippen LogP contribution in [0.1, 0.15) is 11.3 Å². The van der Waals surface area contributed by atoms with Gasteiger partial charge in [-0.3, -0.25) is 4.90 Å². The van der Waals surface area contributed by atoms with Crippen molar-refractivity contribution in [2.45, 2.75) is 13.5 Å². The molecule has 1 aromatic heterocycles. The summed E-state index contributed by atoms with van der Waals surface area (Å²) in [4.78, 5) is 4.67. The lowest BCUT2D eigenvalue weighted by molar-refractivity contribution is 0.242. The molecule has 1 N–H and O–H groups in total. The summed E-state index contributed by atoms with van der Waals surface area (Å²) in [6.45, 7) is 6.44. The Balaban J connectivity index is 1.39. The van der Waals surface area contributed by atoms with Crippen molar-refractivity contribution in [3.05, 3.63) is 65.6 Å². The molecule has 6 heteroatoms. The molecule has 3 aromatic rings. The second kappa shape index (κ2) is 7.40. The number of halogens is 1. The smallest absolute Gasteiger partial charge is 0.170 e. The molecule has 0 unspecified atom stereocenters. The number of phenols is 1. The van der Waals surface area contributed by atoms with Gasteiger partial charge in [0.2, 0.25) is 0 Å². The molecule has 2 heterocycles. The minimum absolute atomic E-state index is 0.261. The first-order valence-corrected chi connectivity index (χ1v) is 9.07. The maximum Gasteiger partial charge on any atom is 0.170 e. The first kappa shape index (κ1) is 17.5. The molecular formula is C21H22FN3O2. The van der Waals surface area contributed by atoms with Gasteiger partial charge in [0.1, 0.15) is 17.3 Å². The van der Waals surface area contributed by atoms with Crippen LogP contribution in [0, 0.1) is 12.7 Å². The van der Waals surface area contributed by atoms with Gasteiger partial charge >= 0.3 is 0 Å². The van der Waals surface area contributed by atoms with Gasteiger partial charge in [-0.25, -0.2) is 4.39 Å². The Bertz CT molecular complexity index is 898. The van der Waals surface area contributed by atoms with E-state index in [1.54, 1.807) is 24.3 Å². The fraction of sp³-hybridized carbons (Fsp3) is 0.286. The van der Waals surface area contributed by atoms with E-state index in [-0.39, 0.29) is 11.6 Å². The molecule has 0 amide bonds. The van der Waals surface area contributed by atoms with Crippen LogP contribution in [0.3, 0.4) is 0 Å². The molecule has 0 atom stereocenters. The summed E-state index contributed by atoms with van der Waals surface area (Å²) in [5, 5.41) is 13.7. The molecule has 1 fully saturated rings. The molecule has 0 radical (unpaired) electrons. The van der Waals surface area contributed by atoms with E-state index < -0.39 is 0 Å². The Hall–Kier alpha value is -2.86. The normalized spacial score (nSPS) is 15.3. The minimum Gasteiger partial charge on any atom is -0.508 e. The molecule has 1 aliphatic rings. The van der Waals surface area contributed by atoms with Crippen LogP contribution in [0.25, 0.3) is 11.3 Å². The van der Waals surface area contributed by atoms with E-state index in [0.717, 1.165) is 55.2 Å². The van der Waals surface area contributed by atoms with E-state index in [1.165, 1.54) is 12.1 Å². The van der Waals surface area contributed by atoms with Gasteiger partial charge in [0, 0.05) is 49.5 Å². The van der Waals surface area contributed by atoms with E-state index in [0.29, 0.717) is 5.76 Å². The lowest BCUT2D eigenvalue weighted by atomic mass is 10.1. The highest BCUT2D eigenvalue weighted by molar-refractivity contribution is 5.61. The predicted octanol–water partition coefficient (Wildman–Crippen LogP) is 3.82. The third kappa shape index (κ3) is 3.80. The van der Waals surface area contributed by atoms with Gasteiger partial charge in [-0.05, 0) is 55.5 Å². The van der Waals surface area contributed by atoms with Gasteiger partial charge in [0.05, 0.1) is 0 Å². The van der Waals surface area contributed by atoms with Crippen molar-refractivity contribution in [3.8, 4) is 17.1 Å². The number of aromatic hydroxyl groups is 1. The standard InChI is InChI=1S/C21H22FN3O2/c1-15-20(23-27-21(15)16-2-4-17(22)5-3-16)14-24-10-12-25(13-11-24)18-6-8-19(26)9-7-18/h2-9,26H,10-14H2,1H3. The van der Waals surface area contributed by atoms with Crippen molar-refractivity contribution in [2.75, 3.05) is 31.1 Å². The summed E-state index contributed by atoms with van der Waals surface area (Å²) < 4.78 is 18.7. The summed E-state index contributed by atoms with van der Waals surface area (Å²) in [6, 6.07) is 13.6. The van der Waals surface area contributed by atoms with Crippen molar-refractivity contribution in [2.24, 2.45) is 0 Å². The molecule has 27 heavy (non-hydrogen) atoms. The van der Waals surface area contributed by atoms with Crippen molar-refractivity contribution in [1.29, 1.82) is 0 Å². The zero-order valence-corrected chi connectivity index (χ0v) is 15.2. The summed E-state index contributed by atoms with van der Waals surface area (Å²) >= 11 is 0. The first-order chi connectivity index (χ1) is 13.1. The van der Waals surface area contributed by atoms with Crippen molar-refractivity contribution < 1.29 is 14.0 Å². The maximum atomic E-state index is 13.1. The molecule has 0 bridgehead atoms. The number of hydrogen-bond donors (Lipinski definition) is 1. The van der Waals surface area contributed by atoms with Gasteiger partial charge in [0.25, 0.3) is 0 Å². The highest BCUT2D eigenvalue weighted by Gasteiger charge is 2.21. The second-order valence-corrected chi connectivity index (χ2v) is 6.87. The number of hydrogen-bond acceptors (Lipinski definition) is 5. The Morgan fingerprint density at radius 3 is 2.33 bits per heavy atom. The van der Waals surface area contributed by atoms with Crippen LogP contribution in [0.4, 0.5) is 10.1 Å². The topological polar surface area (TPSA) is 52.7 Å². The van der Waals surface area contributed by atoms with Gasteiger partial charge in [0.15, 0.2) is 5.76 Å². The zero-order chi connectivity index (χ0) is 18.8. The highest BCUT2D eigenvalue weighted by atomic mass is 19.1. The molecule has 4 rings (SSSR count). The number of benzene rings is 2. The Morgan fingerprint density at radius 1 is 1.00 bits per heavy atom. The number of piperazine rings is 1. The van der Waals surface area contributed by atoms with Crippen LogP contribution in [-0.2, 0) is 6.54 Å². The number of rotatable bonds is 4. The van der Waals surface area contributed by atoms with Crippen LogP contribution in [-0.4, -0.2) is 41.3 Å². The average molecular weight is 367 g/mol. The van der Waals surface area contributed by atoms with E-state index in [4.69, 9.17) is 4.52 Å². The summed E-state index contributed by atoms with van der Waals surface area (Å²) in [7, 11) is 0. The summed E-state index contributed by atoms with van der Waals surface area (Å²) in [5.74, 6) is 0.728. The number of phenolic OH excluding ortho intramolecular Hbond substituents is 1. The van der Waals surface area contributed by atoms with Crippen LogP contribution >= 0.6 is 0 Å². The third-order valence-corrected chi connectivity index (χ3v) is 5.09. The van der Waals surface area contributed by atoms with Crippen LogP contribution in [0.2, 0.25) is 0 Å². The number of nitrogens with zero attached hydrogens (tertiary/aromatic N) is 3. The average Bonchev–Trinajstić information content (AvgIpc) is 3.04. The van der Waals surface area contributed by atoms with Crippen molar-refractivity contribution in [3.63, 3.8) is 0 Å². The Labute approximate surface area is 157 Å². The summed E-state index contributed by atoms with van der Waals surface area (Å²) in [6.07, 6.45) is 0. The lowest BCUT2D eigenvalue weighted by Gasteiger charge is -2.35. The van der Waals surface area contributed by atoms with Crippen LogP contribution in [0.15, 0.2) is 53.1 Å². The quantitative estimate of drug-likeness (QED) is 0.760. The van der Waals surface area contributed by atoms with E-state index >= 15 is 0 Å². The fourth-order valence-corrected chi connectivity index (χ4v) is 3.43. The molecule has 0 saturated carbocycles. The molecule has 0 spiro atoms. The molecule has 1 saturated heterocycles. The Morgan fingerprint density at radius 2 is 1.67 bits per heavy atom. The monoisotopic (exact) mass is 367 g/mol. The van der Waals surface area contributed by atoms with Crippen molar-refractivity contribution in [1.82, 2.24) is 10.1 Å². The summed E-state index contributed by atoms with van der Waals surface area (Å²) in [5.41, 5.74) is 3.89. The number of anilines is 1. The molecule has 140 valence electrons. The van der Waals surface area contributed by atoms with E-state index in [2.05, 4.69) is 15.0 Å². The van der Waals surface area contributed by atoms with E-state index in [9.17, 15) is 9.50 Å². The maximum absolute atomic E-state index is 13.1. The fourth-order valence-electron chi connectivity index (χ4n) is 3.43. The van der Waals surface area contributed by atoms with Gasteiger partial charge in [-0.15, -0.1) is 0 Å². The molecule has 1 aliphatic heterocycles. The highest BCUT2D eigenvalue weighted by Crippen LogP contribution is 2.27. The molecule has 2 aromatic carbocycles. The first-order valence-electron chi connectivity index (χ1n) is 9.07. The molecule has 5 nitrogen and oxygen atoms in total. The van der Waals surface area contributed by atoms with Gasteiger partial charge < -0.3 is 14.5 Å². The van der Waals surface area contributed by atoms with Crippen molar-refractivity contribution >= 4 is 5.69 Å². The van der Waals surface area contributed by atoms with E-state index in [1.807, 2.05) is 19.1 Å². The minimum atomic E-state index is -0.261. The van der Waals surface area contributed by atoms with Gasteiger partial charge in [-0.1, -0.05) is 5.16 Å². The SMILES string of the molecule is Cc1c(CN2CCN(c3ccc(O)cc3)CC2)noc1-c1ccc(F)cc1. The van der Waals surface area contributed by atoms with Crippen LogP contribution in [0.5, 0.6) is 5.75 Å². The third-order valence-electron chi connectivity index (χ3n) is 5.09. The van der Waals surface area contributed by atoms with Crippen LogP contribution < -0.4 is 4.90 Å². The Kier molecular flexibility index (Phi) is 4.81. The largest absolute Gasteiger partial charge is 0.508 e. The van der Waals surface area contributed by atoms with Gasteiger partial charge in [-0.2, -0.15) is 0 Å². The lowest BCUT2D eigenvalue weighted by Crippen LogP contribution is -2.46.